The van der Waals surface area contributed by atoms with Crippen LogP contribution in [0.15, 0.2) is 30.3 Å². The van der Waals surface area contributed by atoms with E-state index in [1.54, 1.807) is 0 Å². The lowest BCUT2D eigenvalue weighted by atomic mass is 10.1. The van der Waals surface area contributed by atoms with Gasteiger partial charge in [-0.25, -0.2) is 4.98 Å². The van der Waals surface area contributed by atoms with Crippen molar-refractivity contribution in [2.24, 2.45) is 5.73 Å². The Morgan fingerprint density at radius 1 is 1.38 bits per heavy atom. The Morgan fingerprint density at radius 2 is 2.12 bits per heavy atom. The summed E-state index contributed by atoms with van der Waals surface area (Å²) in [6.45, 7) is 0.225. The first-order chi connectivity index (χ1) is 7.70. The third kappa shape index (κ3) is 2.32. The normalized spacial score (nSPS) is 12.9. The lowest BCUT2D eigenvalue weighted by Gasteiger charge is -2.09. The molecule has 0 aliphatic heterocycles. The molecule has 0 saturated carbocycles. The highest BCUT2D eigenvalue weighted by Gasteiger charge is 2.09. The maximum Gasteiger partial charge on any atom is 0.133 e. The minimum atomic E-state index is -0.569. The van der Waals surface area contributed by atoms with Gasteiger partial charge in [-0.2, -0.15) is 0 Å². The van der Waals surface area contributed by atoms with Crippen molar-refractivity contribution in [3.8, 4) is 0 Å². The fourth-order valence-corrected chi connectivity index (χ4v) is 1.84. The van der Waals surface area contributed by atoms with Crippen LogP contribution in [-0.2, 0) is 6.42 Å². The number of aromatic nitrogens is 1. The molecular formula is C12H13ClN2O. The van der Waals surface area contributed by atoms with Gasteiger partial charge in [-0.15, -0.1) is 0 Å². The maximum absolute atomic E-state index is 9.50. The first-order valence-electron chi connectivity index (χ1n) is 5.13. The number of hydrogen-bond acceptors (Lipinski definition) is 3. The van der Waals surface area contributed by atoms with Crippen LogP contribution in [0, 0.1) is 0 Å². The smallest absolute Gasteiger partial charge is 0.133 e. The summed E-state index contributed by atoms with van der Waals surface area (Å²) in [5.41, 5.74) is 7.06. The van der Waals surface area contributed by atoms with Crippen LogP contribution in [-0.4, -0.2) is 22.7 Å². The van der Waals surface area contributed by atoms with E-state index in [1.165, 1.54) is 0 Å². The molecule has 1 aromatic heterocycles. The number of nitrogens with two attached hydrogens (primary N) is 1. The second kappa shape index (κ2) is 4.78. The van der Waals surface area contributed by atoms with E-state index in [1.807, 2.05) is 30.3 Å². The summed E-state index contributed by atoms with van der Waals surface area (Å²) in [5.74, 6) is 0. The van der Waals surface area contributed by atoms with Crippen molar-refractivity contribution >= 4 is 22.5 Å². The van der Waals surface area contributed by atoms with Crippen molar-refractivity contribution in [2.45, 2.75) is 12.5 Å². The van der Waals surface area contributed by atoms with E-state index in [4.69, 9.17) is 17.3 Å². The summed E-state index contributed by atoms with van der Waals surface area (Å²) < 4.78 is 0. The van der Waals surface area contributed by atoms with Crippen LogP contribution >= 0.6 is 11.6 Å². The predicted octanol–water partition coefficient (Wildman–Crippen LogP) is 1.75. The highest BCUT2D eigenvalue weighted by molar-refractivity contribution is 6.30. The molecule has 1 heterocycles. The number of pyridine rings is 1. The Kier molecular flexibility index (Phi) is 3.39. The van der Waals surface area contributed by atoms with Crippen molar-refractivity contribution in [1.82, 2.24) is 4.98 Å². The van der Waals surface area contributed by atoms with E-state index in [-0.39, 0.29) is 6.54 Å². The molecule has 0 spiro atoms. The van der Waals surface area contributed by atoms with Crippen LogP contribution in [0.5, 0.6) is 0 Å². The van der Waals surface area contributed by atoms with Crippen molar-refractivity contribution < 1.29 is 5.11 Å². The van der Waals surface area contributed by atoms with Gasteiger partial charge in [0.2, 0.25) is 0 Å². The van der Waals surface area contributed by atoms with E-state index in [2.05, 4.69) is 4.98 Å². The van der Waals surface area contributed by atoms with Crippen LogP contribution in [0.4, 0.5) is 0 Å². The van der Waals surface area contributed by atoms with E-state index in [0.29, 0.717) is 11.6 Å². The van der Waals surface area contributed by atoms with E-state index >= 15 is 0 Å². The number of hydrogen-bond donors (Lipinski definition) is 2. The average molecular weight is 237 g/mol. The Hall–Kier alpha value is -1.16. The highest BCUT2D eigenvalue weighted by Crippen LogP contribution is 2.21. The second-order valence-corrected chi connectivity index (χ2v) is 4.08. The molecule has 3 nitrogen and oxygen atoms in total. The van der Waals surface area contributed by atoms with Crippen LogP contribution < -0.4 is 5.73 Å². The molecule has 0 saturated heterocycles. The first kappa shape index (κ1) is 11.3. The molecule has 2 rings (SSSR count). The molecule has 0 aliphatic rings. The van der Waals surface area contributed by atoms with E-state index in [9.17, 15) is 5.11 Å². The maximum atomic E-state index is 9.50. The molecule has 3 N–H and O–H groups in total. The lowest BCUT2D eigenvalue weighted by Crippen LogP contribution is -2.22. The third-order valence-corrected chi connectivity index (χ3v) is 2.80. The topological polar surface area (TPSA) is 59.1 Å². The van der Waals surface area contributed by atoms with Crippen LogP contribution in [0.1, 0.15) is 5.56 Å². The van der Waals surface area contributed by atoms with E-state index in [0.717, 1.165) is 16.5 Å². The van der Waals surface area contributed by atoms with Gasteiger partial charge in [0.15, 0.2) is 0 Å². The molecule has 0 fully saturated rings. The second-order valence-electron chi connectivity index (χ2n) is 3.72. The SMILES string of the molecule is NCC(O)Cc1cc2ccccc2nc1Cl. The van der Waals surface area contributed by atoms with Gasteiger partial charge in [-0.05, 0) is 17.7 Å². The van der Waals surface area contributed by atoms with E-state index < -0.39 is 6.10 Å². The van der Waals surface area contributed by atoms with Crippen molar-refractivity contribution in [2.75, 3.05) is 6.54 Å². The van der Waals surface area contributed by atoms with Gasteiger partial charge in [0.1, 0.15) is 5.15 Å². The number of aliphatic hydroxyl groups is 1. The minimum Gasteiger partial charge on any atom is -0.391 e. The van der Waals surface area contributed by atoms with Crippen molar-refractivity contribution in [3.63, 3.8) is 0 Å². The number of para-hydroxylation sites is 1. The Bertz CT molecular complexity index is 501. The van der Waals surface area contributed by atoms with Gasteiger partial charge < -0.3 is 10.8 Å². The lowest BCUT2D eigenvalue weighted by molar-refractivity contribution is 0.183. The molecule has 4 heteroatoms. The molecule has 0 radical (unpaired) electrons. The molecular weight excluding hydrogens is 224 g/mol. The summed E-state index contributed by atoms with van der Waals surface area (Å²) in [6.07, 6.45) is -0.131. The van der Waals surface area contributed by atoms with Crippen molar-refractivity contribution in [1.29, 1.82) is 0 Å². The molecule has 1 atom stereocenters. The minimum absolute atomic E-state index is 0.225. The highest BCUT2D eigenvalue weighted by atomic mass is 35.5. The number of fused-ring (bicyclic) bond motifs is 1. The van der Waals surface area contributed by atoms with Crippen LogP contribution in [0.2, 0.25) is 5.15 Å². The molecule has 16 heavy (non-hydrogen) atoms. The Morgan fingerprint density at radius 3 is 2.88 bits per heavy atom. The Labute approximate surface area is 98.9 Å². The molecule has 84 valence electrons. The summed E-state index contributed by atoms with van der Waals surface area (Å²) in [6, 6.07) is 9.69. The molecule has 1 aromatic carbocycles. The third-order valence-electron chi connectivity index (χ3n) is 2.48. The number of rotatable bonds is 3. The van der Waals surface area contributed by atoms with Gasteiger partial charge in [0.05, 0.1) is 11.6 Å². The van der Waals surface area contributed by atoms with Gasteiger partial charge in [-0.3, -0.25) is 0 Å². The number of halogens is 1. The summed E-state index contributed by atoms with van der Waals surface area (Å²) in [5, 5.41) is 11.0. The van der Waals surface area contributed by atoms with Gasteiger partial charge in [0, 0.05) is 18.4 Å². The van der Waals surface area contributed by atoms with Crippen molar-refractivity contribution in [3.05, 3.63) is 41.0 Å². The monoisotopic (exact) mass is 236 g/mol. The summed E-state index contributed by atoms with van der Waals surface area (Å²) in [7, 11) is 0. The number of nitrogens with zero attached hydrogens (tertiary/aromatic N) is 1. The fourth-order valence-electron chi connectivity index (χ4n) is 1.62. The average Bonchev–Trinajstić information content (AvgIpc) is 2.30. The quantitative estimate of drug-likeness (QED) is 0.799. The zero-order chi connectivity index (χ0) is 11.5. The fraction of sp³-hybridized carbons (Fsp3) is 0.250. The first-order valence-corrected chi connectivity index (χ1v) is 5.51. The standard InChI is InChI=1S/C12H13ClN2O/c13-12-9(6-10(16)7-14)5-8-3-1-2-4-11(8)15-12/h1-5,10,16H,6-7,14H2. The predicted molar refractivity (Wildman–Crippen MR) is 65.5 cm³/mol. The molecule has 0 amide bonds. The number of benzene rings is 1. The largest absolute Gasteiger partial charge is 0.391 e. The zero-order valence-electron chi connectivity index (χ0n) is 8.73. The molecule has 0 bridgehead atoms. The molecule has 0 aliphatic carbocycles. The van der Waals surface area contributed by atoms with Gasteiger partial charge in [0.25, 0.3) is 0 Å². The summed E-state index contributed by atoms with van der Waals surface area (Å²) >= 11 is 6.04. The van der Waals surface area contributed by atoms with Crippen LogP contribution in [0.25, 0.3) is 10.9 Å². The van der Waals surface area contributed by atoms with Gasteiger partial charge >= 0.3 is 0 Å². The number of aliphatic hydroxyl groups excluding tert-OH is 1. The molecule has 2 aromatic rings. The molecule has 1 unspecified atom stereocenters. The zero-order valence-corrected chi connectivity index (χ0v) is 9.48. The Balaban J connectivity index is 2.42. The summed E-state index contributed by atoms with van der Waals surface area (Å²) in [4.78, 5) is 4.28. The van der Waals surface area contributed by atoms with Gasteiger partial charge in [-0.1, -0.05) is 29.8 Å². The van der Waals surface area contributed by atoms with Crippen LogP contribution in [0.3, 0.4) is 0 Å².